The number of ketones is 2. The molecule has 0 atom stereocenters. The van der Waals surface area contributed by atoms with Crippen LogP contribution in [-0.4, -0.2) is 11.6 Å². The lowest BCUT2D eigenvalue weighted by Gasteiger charge is -2.18. The lowest BCUT2D eigenvalue weighted by molar-refractivity contribution is 0.0986. The van der Waals surface area contributed by atoms with Gasteiger partial charge in [-0.05, 0) is 154 Å². The number of carbonyl (C=O) groups is 2. The van der Waals surface area contributed by atoms with Crippen molar-refractivity contribution in [3.63, 3.8) is 0 Å². The summed E-state index contributed by atoms with van der Waals surface area (Å²) in [6.45, 7) is 0. The zero-order valence-electron chi connectivity index (χ0n) is 64.9. The highest BCUT2D eigenvalue weighted by molar-refractivity contribution is 6.45. The lowest BCUT2D eigenvalue weighted by Crippen LogP contribution is -2.01. The molecular weight excluding hydrogens is 1550 g/mol. The molecule has 16 nitrogen and oxygen atoms in total. The maximum atomic E-state index is 13.4. The molecule has 29 rings (SSSR count). The molecule has 0 amide bonds. The van der Waals surface area contributed by atoms with Crippen LogP contribution < -0.4 is 22.1 Å². The van der Waals surface area contributed by atoms with E-state index in [0.29, 0.717) is 115 Å². The van der Waals surface area contributed by atoms with Gasteiger partial charge >= 0.3 is 11.3 Å². The molecule has 0 aliphatic heterocycles. The van der Waals surface area contributed by atoms with Crippen LogP contribution in [0.3, 0.4) is 0 Å². The summed E-state index contributed by atoms with van der Waals surface area (Å²) < 4.78 is 63.5. The Bertz CT molecular complexity index is 9360. The van der Waals surface area contributed by atoms with Gasteiger partial charge in [-0.15, -0.1) is 0 Å². The van der Waals surface area contributed by atoms with Gasteiger partial charge in [-0.2, -0.15) is 0 Å². The van der Waals surface area contributed by atoms with Crippen LogP contribution in [0.1, 0.15) is 44.7 Å². The van der Waals surface area contributed by atoms with Gasteiger partial charge in [0.2, 0.25) is 0 Å². The predicted octanol–water partition coefficient (Wildman–Crippen LogP) is 27.4. The van der Waals surface area contributed by atoms with Crippen LogP contribution in [0, 0.1) is 0 Å². The summed E-state index contributed by atoms with van der Waals surface area (Å²) >= 11 is 0. The number of carbonyl (C=O) groups excluding carboxylic acids is 2. The molecule has 16 heteroatoms. The SMILES string of the molecule is O=C1CCc2c1ccc1c2oc2cccc3c2c1c1cccc2oc4c5c(ccc4c3c21)C(=O)CC5.O=c1cc(-c2ccccc2)oc2cc3c(cc12)oc1cccc2c1c3c1cccc3oc4cc5c(=O)cc(-c6ccccc6)oc5cc4c2c31.O=c1ccc2ccc3oc4cccc5c4c(c4cccc6oc7ccc8ccc(=O)oc8c7c5c64)c3c2o1. The Kier molecular flexibility index (Phi) is 13.7. The largest absolute Gasteiger partial charge is 0.456 e. The minimum atomic E-state index is -0.428. The van der Waals surface area contributed by atoms with E-state index in [1.165, 1.54) is 24.3 Å². The quantitative estimate of drug-likeness (QED) is 0.0889. The number of rotatable bonds is 2. The van der Waals surface area contributed by atoms with Crippen molar-refractivity contribution in [2.75, 3.05) is 0 Å². The Balaban J connectivity index is 0.0000000989. The van der Waals surface area contributed by atoms with Crippen LogP contribution in [0.15, 0.2) is 342 Å². The van der Waals surface area contributed by atoms with Gasteiger partial charge in [0, 0.05) is 167 Å². The summed E-state index contributed by atoms with van der Waals surface area (Å²) in [4.78, 5) is 76.4. The number of hydrogen-bond acceptors (Lipinski definition) is 16. The van der Waals surface area contributed by atoms with Gasteiger partial charge in [0.15, 0.2) is 22.4 Å². The first kappa shape index (κ1) is 68.2. The van der Waals surface area contributed by atoms with Crippen molar-refractivity contribution in [3.05, 3.63) is 343 Å². The maximum absolute atomic E-state index is 13.4. The topological polar surface area (TPSA) is 234 Å². The Morgan fingerprint density at radius 2 is 0.500 bits per heavy atom. The van der Waals surface area contributed by atoms with Crippen molar-refractivity contribution < 1.29 is 53.8 Å². The standard InChI is InChI=1S/C44H22O6.C32H14O6.C32H18O4/c45-31-21-35(23-9-3-1-4-10-23)49-37-19-29-39(17-27(31)37)47-33-15-8-14-26-42-30-20-38-28(32(46)22-36(50-38)24-11-5-2-6-12-24)18-40(30)48-34-16-7-13-25(44(34)42)41(29)43(26)33;33-23-13-9-15-8-12-22-29(31(15)37-23)27-17-3-1-5-19-25(17)28(18-4-2-6-20(36-22)26(18)27)30-21(35-19)11-7-16-10-14-24(34)38-32(16)30;33-23-13-11-17-15(23)8-10-22-28-20-4-2-6-26-30(20)27(19-3-1-5-25(29(19)28)35-31(17)22)21-9-7-16-18(32(21)36-26)12-14-24(16)34/h1-22H;1-14H;1-10H,11-14H2. The first-order valence-corrected chi connectivity index (χ1v) is 40.9. The third-order valence-corrected chi connectivity index (χ3v) is 25.8. The van der Waals surface area contributed by atoms with E-state index in [2.05, 4.69) is 24.3 Å². The second-order valence-corrected chi connectivity index (χ2v) is 32.3. The van der Waals surface area contributed by atoms with Gasteiger partial charge in [-0.3, -0.25) is 19.2 Å². The van der Waals surface area contributed by atoms with Crippen LogP contribution in [0.5, 0.6) is 0 Å². The predicted molar refractivity (Wildman–Crippen MR) is 488 cm³/mol. The number of fused-ring (bicyclic) bond motifs is 28. The first-order valence-electron chi connectivity index (χ1n) is 40.9. The third-order valence-electron chi connectivity index (χ3n) is 25.8. The highest BCUT2D eigenvalue weighted by Crippen LogP contribution is 2.53. The molecule has 2 aliphatic carbocycles. The van der Waals surface area contributed by atoms with Gasteiger partial charge in [-0.1, -0.05) is 146 Å². The fourth-order valence-electron chi connectivity index (χ4n) is 20.6. The molecule has 27 aromatic rings. The zero-order chi connectivity index (χ0) is 81.9. The third kappa shape index (κ3) is 9.49. The number of Topliss-reactive ketones (excluding diaryl/α,β-unsaturated/α-hetero) is 2. The van der Waals surface area contributed by atoms with E-state index < -0.39 is 11.3 Å². The molecule has 17 aromatic carbocycles. The average molecular weight is 1610 g/mol. The Morgan fingerprint density at radius 3 is 0.887 bits per heavy atom. The van der Waals surface area contributed by atoms with Crippen molar-refractivity contribution in [1.82, 2.24) is 0 Å². The molecule has 10 aromatic heterocycles. The van der Waals surface area contributed by atoms with Gasteiger partial charge in [-0.25, -0.2) is 9.59 Å². The van der Waals surface area contributed by atoms with Crippen molar-refractivity contribution in [2.24, 2.45) is 0 Å². The molecule has 2 aliphatic rings. The Labute approximate surface area is 692 Å². The fourth-order valence-corrected chi connectivity index (χ4v) is 20.6. The summed E-state index contributed by atoms with van der Waals surface area (Å²) in [5.74, 6) is 1.38. The van der Waals surface area contributed by atoms with E-state index >= 15 is 0 Å². The van der Waals surface area contributed by atoms with E-state index in [1.54, 1.807) is 24.3 Å². The number of hydrogen-bond donors (Lipinski definition) is 0. The molecule has 0 saturated heterocycles. The van der Waals surface area contributed by atoms with E-state index in [4.69, 9.17) is 44.2 Å². The number of aryl methyl sites for hydroxylation is 2. The summed E-state index contributed by atoms with van der Waals surface area (Å²) in [6.07, 6.45) is 2.50. The second kappa shape index (κ2) is 25.0. The summed E-state index contributed by atoms with van der Waals surface area (Å²) in [5.41, 5.74) is 14.4. The summed E-state index contributed by atoms with van der Waals surface area (Å²) in [7, 11) is 0. The van der Waals surface area contributed by atoms with Crippen LogP contribution in [-0.2, 0) is 12.8 Å². The van der Waals surface area contributed by atoms with Gasteiger partial charge in [0.25, 0.3) is 0 Å². The molecule has 0 radical (unpaired) electrons. The summed E-state index contributed by atoms with van der Waals surface area (Å²) in [5, 5.41) is 25.5. The highest BCUT2D eigenvalue weighted by atomic mass is 16.4. The van der Waals surface area contributed by atoms with E-state index in [-0.39, 0.29) is 22.4 Å². The van der Waals surface area contributed by atoms with E-state index in [1.807, 2.05) is 206 Å². The van der Waals surface area contributed by atoms with Crippen LogP contribution in [0.4, 0.5) is 0 Å². The van der Waals surface area contributed by atoms with Crippen molar-refractivity contribution in [3.8, 4) is 22.6 Å². The fraction of sp³-hybridized carbons (Fsp3) is 0.0370. The van der Waals surface area contributed by atoms with Crippen LogP contribution in [0.25, 0.3) is 263 Å². The molecule has 0 unspecified atom stereocenters. The molecule has 582 valence electrons. The van der Waals surface area contributed by atoms with Gasteiger partial charge in [0.1, 0.15) is 101 Å². The van der Waals surface area contributed by atoms with Crippen LogP contribution in [0.2, 0.25) is 0 Å². The molecule has 0 N–H and O–H groups in total. The molecule has 0 bridgehead atoms. The van der Waals surface area contributed by atoms with Crippen LogP contribution >= 0.6 is 0 Å². The lowest BCUT2D eigenvalue weighted by atomic mass is 9.89. The van der Waals surface area contributed by atoms with E-state index in [9.17, 15) is 28.8 Å². The second-order valence-electron chi connectivity index (χ2n) is 32.3. The highest BCUT2D eigenvalue weighted by Gasteiger charge is 2.31. The molecule has 0 spiro atoms. The smallest absolute Gasteiger partial charge is 0.336 e. The molecule has 0 fully saturated rings. The normalized spacial score (nSPS) is 13.2. The molecule has 0 saturated carbocycles. The minimum absolute atomic E-state index is 0.142. The minimum Gasteiger partial charge on any atom is -0.456 e. The molecular formula is C108H54O16. The molecule has 10 heterocycles. The number of benzene rings is 17. The van der Waals surface area contributed by atoms with Gasteiger partial charge in [0.05, 0.1) is 21.5 Å². The van der Waals surface area contributed by atoms with E-state index in [0.717, 1.165) is 196 Å². The monoisotopic (exact) mass is 1610 g/mol. The zero-order valence-corrected chi connectivity index (χ0v) is 64.9. The van der Waals surface area contributed by atoms with Crippen molar-refractivity contribution in [1.29, 1.82) is 0 Å². The Morgan fingerprint density at radius 1 is 0.185 bits per heavy atom. The maximum Gasteiger partial charge on any atom is 0.336 e. The van der Waals surface area contributed by atoms with Gasteiger partial charge < -0.3 is 44.2 Å². The first-order chi connectivity index (χ1) is 60.9. The van der Waals surface area contributed by atoms with Crippen molar-refractivity contribution in [2.45, 2.75) is 25.7 Å². The van der Waals surface area contributed by atoms with Crippen molar-refractivity contribution >= 4 is 252 Å². The summed E-state index contributed by atoms with van der Waals surface area (Å²) in [6, 6.07) is 88.0. The molecule has 124 heavy (non-hydrogen) atoms. The Hall–Kier alpha value is -16.7. The average Bonchev–Trinajstić information content (AvgIpc) is 0.883.